The molecule has 49 heavy (non-hydrogen) atoms. The maximum Gasteiger partial charge on any atom is 0.309 e. The van der Waals surface area contributed by atoms with Crippen molar-refractivity contribution in [1.29, 1.82) is 0 Å². The van der Waals surface area contributed by atoms with Gasteiger partial charge in [-0.15, -0.1) is 0 Å². The standard InChI is InChI=1S/C42H68N2O5/c1-25(2)28-14-19-42(23-33(45)44-27-11-10-26(43)22-27)21-20-40(8)29(35(28)42)12-13-31-39(7)17-16-32(49-34(46)24-37(3,4)36(47)48)38(5,6)30(39)15-18-41(31,40)9/h26-32,35H,1,10-24,43H2,2-9H3,(H,44,45)(H,47,48)/t26-,27+,28+,29-,30?,31?,32+,35-,39+,40-,41-,42-/m1/s1. The molecule has 6 saturated carbocycles. The van der Waals surface area contributed by atoms with Crippen molar-refractivity contribution < 1.29 is 24.2 Å². The Morgan fingerprint density at radius 2 is 1.59 bits per heavy atom. The fraction of sp³-hybridized carbons (Fsp3) is 0.881. The molecule has 0 heterocycles. The van der Waals surface area contributed by atoms with Crippen LogP contribution < -0.4 is 11.1 Å². The number of carboxylic acids is 1. The predicted molar refractivity (Wildman–Crippen MR) is 193 cm³/mol. The van der Waals surface area contributed by atoms with Gasteiger partial charge in [-0.2, -0.15) is 0 Å². The number of nitrogens with two attached hydrogens (primary N) is 1. The predicted octanol–water partition coefficient (Wildman–Crippen LogP) is 8.44. The van der Waals surface area contributed by atoms with Crippen molar-refractivity contribution in [2.75, 3.05) is 0 Å². The SMILES string of the molecule is C=C(C)[C@@H]1CC[C@]2(CC(=O)N[C@H]3CC[C@@H](N)C3)CC[C@]3(C)[C@H](CCC4[C@@]5(C)CC[C@H](OC(=O)CC(C)(C)C(=O)O)C(C)(C)C5CC[C@]43C)[C@@H]12. The summed E-state index contributed by atoms with van der Waals surface area (Å²) in [7, 11) is 0. The number of allylic oxidation sites excluding steroid dienone is 1. The molecule has 6 aliphatic rings. The third-order valence-corrected chi connectivity index (χ3v) is 17.0. The summed E-state index contributed by atoms with van der Waals surface area (Å²) >= 11 is 0. The van der Waals surface area contributed by atoms with E-state index in [1.54, 1.807) is 13.8 Å². The third-order valence-electron chi connectivity index (χ3n) is 17.0. The van der Waals surface area contributed by atoms with Crippen molar-refractivity contribution in [1.82, 2.24) is 5.32 Å². The first-order valence-corrected chi connectivity index (χ1v) is 19.8. The van der Waals surface area contributed by atoms with Gasteiger partial charge < -0.3 is 20.9 Å². The van der Waals surface area contributed by atoms with E-state index in [1.165, 1.54) is 31.3 Å². The van der Waals surface area contributed by atoms with Crippen molar-refractivity contribution in [3.05, 3.63) is 12.2 Å². The fourth-order valence-electron chi connectivity index (χ4n) is 14.2. The zero-order valence-corrected chi connectivity index (χ0v) is 32.1. The number of nitrogens with one attached hydrogen (secondary N) is 1. The van der Waals surface area contributed by atoms with E-state index in [4.69, 9.17) is 10.5 Å². The highest BCUT2D eigenvalue weighted by molar-refractivity contribution is 5.81. The summed E-state index contributed by atoms with van der Waals surface area (Å²) in [5, 5.41) is 13.0. The highest BCUT2D eigenvalue weighted by Crippen LogP contribution is 2.78. The molecule has 2 unspecified atom stereocenters. The summed E-state index contributed by atoms with van der Waals surface area (Å²) < 4.78 is 6.18. The molecule has 0 saturated heterocycles. The summed E-state index contributed by atoms with van der Waals surface area (Å²) in [6.45, 7) is 22.4. The van der Waals surface area contributed by atoms with Gasteiger partial charge in [-0.25, -0.2) is 0 Å². The minimum absolute atomic E-state index is 0.0576. The molecule has 0 bridgehead atoms. The van der Waals surface area contributed by atoms with Crippen LogP contribution in [-0.4, -0.2) is 41.1 Å². The maximum atomic E-state index is 13.7. The second kappa shape index (κ2) is 12.4. The molecule has 6 fully saturated rings. The lowest BCUT2D eigenvalue weighted by atomic mass is 9.32. The van der Waals surface area contributed by atoms with Crippen LogP contribution in [0.3, 0.4) is 0 Å². The second-order valence-corrected chi connectivity index (χ2v) is 20.3. The Morgan fingerprint density at radius 1 is 0.878 bits per heavy atom. The Labute approximate surface area is 296 Å². The van der Waals surface area contributed by atoms with Gasteiger partial charge in [0, 0.05) is 23.9 Å². The molecule has 0 radical (unpaired) electrons. The van der Waals surface area contributed by atoms with Crippen molar-refractivity contribution in [3.63, 3.8) is 0 Å². The Bertz CT molecular complexity index is 1360. The zero-order chi connectivity index (χ0) is 35.9. The molecule has 4 N–H and O–H groups in total. The first kappa shape index (κ1) is 36.9. The molecular weight excluding hydrogens is 612 g/mol. The molecule has 12 atom stereocenters. The summed E-state index contributed by atoms with van der Waals surface area (Å²) in [5.41, 5.74) is 6.77. The quantitative estimate of drug-likeness (QED) is 0.175. The number of carboxylic acid groups (broad SMARTS) is 1. The van der Waals surface area contributed by atoms with Gasteiger partial charge in [0.15, 0.2) is 0 Å². The van der Waals surface area contributed by atoms with Crippen LogP contribution in [0.25, 0.3) is 0 Å². The summed E-state index contributed by atoms with van der Waals surface area (Å²) in [6.07, 6.45) is 14.5. The van der Waals surface area contributed by atoms with Crippen molar-refractivity contribution >= 4 is 17.8 Å². The van der Waals surface area contributed by atoms with Gasteiger partial charge in [-0.05, 0) is 155 Å². The number of aliphatic carboxylic acids is 1. The van der Waals surface area contributed by atoms with Crippen molar-refractivity contribution in [3.8, 4) is 0 Å². The van der Waals surface area contributed by atoms with Gasteiger partial charge in [0.25, 0.3) is 0 Å². The molecule has 276 valence electrons. The number of esters is 1. The van der Waals surface area contributed by atoms with Crippen molar-refractivity contribution in [2.24, 2.45) is 67.8 Å². The largest absolute Gasteiger partial charge is 0.481 e. The van der Waals surface area contributed by atoms with Gasteiger partial charge in [0.1, 0.15) is 6.10 Å². The summed E-state index contributed by atoms with van der Waals surface area (Å²) in [4.78, 5) is 38.5. The Balaban J connectivity index is 1.23. The van der Waals surface area contributed by atoms with Gasteiger partial charge >= 0.3 is 11.9 Å². The second-order valence-electron chi connectivity index (χ2n) is 20.3. The lowest BCUT2D eigenvalue weighted by Gasteiger charge is -2.73. The number of rotatable bonds is 8. The normalized spacial score (nSPS) is 45.7. The highest BCUT2D eigenvalue weighted by Gasteiger charge is 2.71. The van der Waals surface area contributed by atoms with Crippen LogP contribution in [0.1, 0.15) is 152 Å². The van der Waals surface area contributed by atoms with Gasteiger partial charge in [0.2, 0.25) is 5.91 Å². The maximum absolute atomic E-state index is 13.7. The summed E-state index contributed by atoms with van der Waals surface area (Å²) in [6, 6.07) is 0.444. The number of hydrogen-bond acceptors (Lipinski definition) is 5. The molecule has 0 aliphatic heterocycles. The van der Waals surface area contributed by atoms with Crippen LogP contribution in [0, 0.1) is 62.1 Å². The Kier molecular flexibility index (Phi) is 9.31. The van der Waals surface area contributed by atoms with Crippen LogP contribution in [-0.2, 0) is 19.1 Å². The molecule has 6 rings (SSSR count). The number of hydrogen-bond donors (Lipinski definition) is 3. The molecule has 1 amide bonds. The molecule has 0 aromatic heterocycles. The molecule has 0 aromatic carbocycles. The molecule has 6 aliphatic carbocycles. The number of amides is 1. The van der Waals surface area contributed by atoms with E-state index in [-0.39, 0.29) is 57.6 Å². The van der Waals surface area contributed by atoms with Crippen molar-refractivity contribution in [2.45, 2.75) is 170 Å². The first-order valence-electron chi connectivity index (χ1n) is 19.8. The topological polar surface area (TPSA) is 119 Å². The fourth-order valence-corrected chi connectivity index (χ4v) is 14.2. The summed E-state index contributed by atoms with van der Waals surface area (Å²) in [5.74, 6) is 1.48. The first-order chi connectivity index (χ1) is 22.7. The average Bonchev–Trinajstić information content (AvgIpc) is 3.57. The minimum atomic E-state index is -1.14. The number of fused-ring (bicyclic) bond motifs is 7. The highest BCUT2D eigenvalue weighted by atomic mass is 16.5. The van der Waals surface area contributed by atoms with Crippen LogP contribution in [0.5, 0.6) is 0 Å². The minimum Gasteiger partial charge on any atom is -0.481 e. The van der Waals surface area contributed by atoms with Gasteiger partial charge in [-0.3, -0.25) is 14.4 Å². The number of carbonyl (C=O) groups excluding carboxylic acids is 2. The molecule has 7 nitrogen and oxygen atoms in total. The van der Waals surface area contributed by atoms with E-state index in [1.807, 2.05) is 0 Å². The molecule has 0 spiro atoms. The monoisotopic (exact) mass is 681 g/mol. The molecule has 7 heteroatoms. The van der Waals surface area contributed by atoms with Crippen LogP contribution >= 0.6 is 0 Å². The zero-order valence-electron chi connectivity index (χ0n) is 32.1. The van der Waals surface area contributed by atoms with E-state index < -0.39 is 17.4 Å². The lowest BCUT2D eigenvalue weighted by molar-refractivity contribution is -0.250. The number of carbonyl (C=O) groups is 3. The number of ether oxygens (including phenoxy) is 1. The Hall–Kier alpha value is -1.89. The van der Waals surface area contributed by atoms with E-state index in [0.29, 0.717) is 36.0 Å². The molecular formula is C42H68N2O5. The lowest BCUT2D eigenvalue weighted by Crippen LogP contribution is -2.67. The van der Waals surface area contributed by atoms with E-state index >= 15 is 0 Å². The van der Waals surface area contributed by atoms with E-state index in [9.17, 15) is 19.5 Å². The van der Waals surface area contributed by atoms with Gasteiger partial charge in [0.05, 0.1) is 11.8 Å². The Morgan fingerprint density at radius 3 is 2.22 bits per heavy atom. The van der Waals surface area contributed by atoms with E-state index in [2.05, 4.69) is 53.4 Å². The van der Waals surface area contributed by atoms with Crippen LogP contribution in [0.4, 0.5) is 0 Å². The smallest absolute Gasteiger partial charge is 0.309 e. The van der Waals surface area contributed by atoms with Crippen LogP contribution in [0.2, 0.25) is 0 Å². The van der Waals surface area contributed by atoms with Crippen LogP contribution in [0.15, 0.2) is 12.2 Å². The van der Waals surface area contributed by atoms with Gasteiger partial charge in [-0.1, -0.05) is 46.8 Å². The third kappa shape index (κ3) is 5.82. The molecule has 0 aromatic rings. The average molecular weight is 681 g/mol. The van der Waals surface area contributed by atoms with E-state index in [0.717, 1.165) is 57.8 Å².